The summed E-state index contributed by atoms with van der Waals surface area (Å²) in [7, 11) is 0. The van der Waals surface area contributed by atoms with Crippen molar-refractivity contribution in [2.24, 2.45) is 0 Å². The van der Waals surface area contributed by atoms with Crippen LogP contribution in [-0.2, 0) is 5.88 Å². The van der Waals surface area contributed by atoms with E-state index in [1.54, 1.807) is 18.5 Å². The van der Waals surface area contributed by atoms with E-state index < -0.39 is 0 Å². The molecule has 18 heavy (non-hydrogen) atoms. The Morgan fingerprint density at radius 3 is 2.67 bits per heavy atom. The van der Waals surface area contributed by atoms with Crippen LogP contribution in [0.2, 0.25) is 0 Å². The van der Waals surface area contributed by atoms with Crippen LogP contribution in [0.4, 0.5) is 15.9 Å². The van der Waals surface area contributed by atoms with E-state index in [0.29, 0.717) is 18.2 Å². The Labute approximate surface area is 110 Å². The molecule has 0 aliphatic rings. The van der Waals surface area contributed by atoms with Crippen LogP contribution in [0.15, 0.2) is 36.7 Å². The molecule has 0 saturated carbocycles. The van der Waals surface area contributed by atoms with Gasteiger partial charge in [0.2, 0.25) is 0 Å². The molecule has 94 valence electrons. The van der Waals surface area contributed by atoms with Crippen LogP contribution in [0, 0.1) is 5.82 Å². The molecule has 3 nitrogen and oxygen atoms in total. The van der Waals surface area contributed by atoms with Crippen molar-refractivity contribution >= 4 is 23.1 Å². The number of alkyl halides is 1. The summed E-state index contributed by atoms with van der Waals surface area (Å²) in [5.74, 6) is 0.743. The number of benzene rings is 1. The molecule has 2 rings (SSSR count). The maximum absolute atomic E-state index is 13.2. The van der Waals surface area contributed by atoms with E-state index in [0.717, 1.165) is 11.4 Å². The average molecular weight is 266 g/mol. The molecule has 5 heteroatoms. The van der Waals surface area contributed by atoms with Crippen molar-refractivity contribution in [3.8, 4) is 0 Å². The Morgan fingerprint density at radius 1 is 1.28 bits per heavy atom. The summed E-state index contributed by atoms with van der Waals surface area (Å²) in [4.78, 5) is 10.4. The van der Waals surface area contributed by atoms with Gasteiger partial charge in [-0.25, -0.2) is 9.37 Å². The lowest BCUT2D eigenvalue weighted by molar-refractivity contribution is 0.627. The van der Waals surface area contributed by atoms with Crippen LogP contribution >= 0.6 is 11.6 Å². The summed E-state index contributed by atoms with van der Waals surface area (Å²) in [6, 6.07) is 6.40. The second kappa shape index (κ2) is 5.78. The molecule has 0 N–H and O–H groups in total. The Balaban J connectivity index is 2.32. The highest BCUT2D eigenvalue weighted by molar-refractivity contribution is 6.16. The van der Waals surface area contributed by atoms with E-state index in [2.05, 4.69) is 9.97 Å². The number of aromatic nitrogens is 2. The number of rotatable bonds is 4. The van der Waals surface area contributed by atoms with Crippen molar-refractivity contribution in [3.63, 3.8) is 0 Å². The minimum Gasteiger partial charge on any atom is -0.325 e. The van der Waals surface area contributed by atoms with Gasteiger partial charge in [-0.15, -0.1) is 11.6 Å². The Bertz CT molecular complexity index is 516. The second-order valence-electron chi connectivity index (χ2n) is 3.72. The van der Waals surface area contributed by atoms with Crippen LogP contribution in [-0.4, -0.2) is 16.5 Å². The van der Waals surface area contributed by atoms with Gasteiger partial charge >= 0.3 is 0 Å². The van der Waals surface area contributed by atoms with Crippen molar-refractivity contribution in [1.82, 2.24) is 9.97 Å². The minimum atomic E-state index is -0.267. The maximum Gasteiger partial charge on any atom is 0.151 e. The van der Waals surface area contributed by atoms with Crippen molar-refractivity contribution in [3.05, 3.63) is 48.2 Å². The van der Waals surface area contributed by atoms with Gasteiger partial charge in [0.05, 0.1) is 24.0 Å². The largest absolute Gasteiger partial charge is 0.325 e. The molecule has 1 aromatic heterocycles. The topological polar surface area (TPSA) is 29.0 Å². The zero-order valence-corrected chi connectivity index (χ0v) is 10.7. The summed E-state index contributed by atoms with van der Waals surface area (Å²) in [5.41, 5.74) is 1.47. The molecular formula is C13H13ClFN3. The second-order valence-corrected chi connectivity index (χ2v) is 3.99. The third kappa shape index (κ3) is 2.76. The lowest BCUT2D eigenvalue weighted by Gasteiger charge is -2.21. The number of hydrogen-bond donors (Lipinski definition) is 0. The molecule has 0 amide bonds. The smallest absolute Gasteiger partial charge is 0.151 e. The minimum absolute atomic E-state index is 0.267. The van der Waals surface area contributed by atoms with E-state index in [1.807, 2.05) is 17.9 Å². The third-order valence-corrected chi connectivity index (χ3v) is 2.82. The molecule has 0 bridgehead atoms. The van der Waals surface area contributed by atoms with Crippen LogP contribution in [0.5, 0.6) is 0 Å². The summed E-state index contributed by atoms with van der Waals surface area (Å²) in [6.45, 7) is 2.65. The zero-order valence-electron chi connectivity index (χ0n) is 9.98. The fraction of sp³-hybridized carbons (Fsp3) is 0.231. The Morgan fingerprint density at radius 2 is 2.11 bits per heavy atom. The highest BCUT2D eigenvalue weighted by Gasteiger charge is 2.09. The van der Waals surface area contributed by atoms with Gasteiger partial charge in [-0.3, -0.25) is 4.98 Å². The quantitative estimate of drug-likeness (QED) is 0.792. The normalized spacial score (nSPS) is 10.4. The molecule has 0 spiro atoms. The number of hydrogen-bond acceptors (Lipinski definition) is 3. The first-order chi connectivity index (χ1) is 8.74. The fourth-order valence-electron chi connectivity index (χ4n) is 1.68. The van der Waals surface area contributed by atoms with Gasteiger partial charge in [-0.05, 0) is 25.1 Å². The first kappa shape index (κ1) is 12.8. The third-order valence-electron chi connectivity index (χ3n) is 2.54. The molecule has 0 saturated heterocycles. The molecule has 2 aromatic rings. The van der Waals surface area contributed by atoms with E-state index in [1.165, 1.54) is 12.1 Å². The molecule has 0 atom stereocenters. The van der Waals surface area contributed by atoms with Gasteiger partial charge in [0.25, 0.3) is 0 Å². The Hall–Kier alpha value is -1.68. The van der Waals surface area contributed by atoms with E-state index in [9.17, 15) is 4.39 Å². The van der Waals surface area contributed by atoms with Crippen molar-refractivity contribution in [2.45, 2.75) is 12.8 Å². The highest BCUT2D eigenvalue weighted by atomic mass is 35.5. The van der Waals surface area contributed by atoms with Gasteiger partial charge in [0.1, 0.15) is 5.82 Å². The molecule has 0 radical (unpaired) electrons. The summed E-state index contributed by atoms with van der Waals surface area (Å²) < 4.78 is 13.2. The van der Waals surface area contributed by atoms with Gasteiger partial charge < -0.3 is 4.90 Å². The molecule has 1 heterocycles. The highest BCUT2D eigenvalue weighted by Crippen LogP contribution is 2.23. The van der Waals surface area contributed by atoms with Crippen LogP contribution in [0.1, 0.15) is 12.6 Å². The van der Waals surface area contributed by atoms with E-state index in [4.69, 9.17) is 11.6 Å². The summed E-state index contributed by atoms with van der Waals surface area (Å²) >= 11 is 5.66. The molecule has 0 fully saturated rings. The van der Waals surface area contributed by atoms with Crippen LogP contribution in [0.3, 0.4) is 0 Å². The van der Waals surface area contributed by atoms with Gasteiger partial charge in [0.15, 0.2) is 5.82 Å². The average Bonchev–Trinajstić information content (AvgIpc) is 2.40. The predicted molar refractivity (Wildman–Crippen MR) is 70.7 cm³/mol. The lowest BCUT2D eigenvalue weighted by Crippen LogP contribution is -2.17. The number of anilines is 2. The summed E-state index contributed by atoms with van der Waals surface area (Å²) in [5, 5.41) is 0. The van der Waals surface area contributed by atoms with Crippen molar-refractivity contribution in [2.75, 3.05) is 11.4 Å². The molecule has 0 unspecified atom stereocenters. The number of halogens is 2. The van der Waals surface area contributed by atoms with Gasteiger partial charge in [-0.2, -0.15) is 0 Å². The molecule has 0 aliphatic carbocycles. The fourth-order valence-corrected chi connectivity index (χ4v) is 1.82. The van der Waals surface area contributed by atoms with Gasteiger partial charge in [-0.1, -0.05) is 6.07 Å². The molecule has 0 aliphatic heterocycles. The van der Waals surface area contributed by atoms with E-state index in [-0.39, 0.29) is 5.82 Å². The monoisotopic (exact) mass is 265 g/mol. The molecular weight excluding hydrogens is 253 g/mol. The SMILES string of the molecule is CCN(c1cccc(F)c1)c1cnc(CCl)cn1. The molecule has 1 aromatic carbocycles. The van der Waals surface area contributed by atoms with E-state index >= 15 is 0 Å². The maximum atomic E-state index is 13.2. The lowest BCUT2D eigenvalue weighted by atomic mass is 10.3. The van der Waals surface area contributed by atoms with Gasteiger partial charge in [0, 0.05) is 12.2 Å². The Kier molecular flexibility index (Phi) is 4.10. The van der Waals surface area contributed by atoms with Crippen molar-refractivity contribution in [1.29, 1.82) is 0 Å². The predicted octanol–water partition coefficient (Wildman–Crippen LogP) is 3.51. The first-order valence-corrected chi connectivity index (χ1v) is 6.18. The standard InChI is InChI=1S/C13H13ClFN3/c1-2-18(12-5-3-4-10(15)6-12)13-9-16-11(7-14)8-17-13/h3-6,8-9H,2,7H2,1H3. The summed E-state index contributed by atoms with van der Waals surface area (Å²) in [6.07, 6.45) is 3.27. The first-order valence-electron chi connectivity index (χ1n) is 5.64. The van der Waals surface area contributed by atoms with Crippen LogP contribution < -0.4 is 4.90 Å². The van der Waals surface area contributed by atoms with Crippen molar-refractivity contribution < 1.29 is 4.39 Å². The number of nitrogens with zero attached hydrogens (tertiary/aromatic N) is 3. The van der Waals surface area contributed by atoms with Crippen LogP contribution in [0.25, 0.3) is 0 Å². The zero-order chi connectivity index (χ0) is 13.0.